The SMILES string of the molecule is COCCOCC(C)NC(C)CCCO. The number of methoxy groups -OCH3 is 1. The summed E-state index contributed by atoms with van der Waals surface area (Å²) in [7, 11) is 1.67. The largest absolute Gasteiger partial charge is 0.396 e. The normalized spacial score (nSPS) is 15.2. The first-order chi connectivity index (χ1) is 7.20. The van der Waals surface area contributed by atoms with Crippen molar-refractivity contribution in [1.29, 1.82) is 0 Å². The van der Waals surface area contributed by atoms with Crippen molar-refractivity contribution in [3.8, 4) is 0 Å². The molecule has 0 aliphatic rings. The Labute approximate surface area is 93.0 Å². The molecule has 0 fully saturated rings. The number of ether oxygens (including phenoxy) is 2. The summed E-state index contributed by atoms with van der Waals surface area (Å²) in [6.45, 7) is 6.49. The summed E-state index contributed by atoms with van der Waals surface area (Å²) in [6.07, 6.45) is 1.85. The van der Waals surface area contributed by atoms with Crippen molar-refractivity contribution in [3.63, 3.8) is 0 Å². The molecule has 0 aromatic carbocycles. The van der Waals surface area contributed by atoms with Gasteiger partial charge in [-0.2, -0.15) is 0 Å². The molecule has 2 unspecified atom stereocenters. The maximum absolute atomic E-state index is 8.68. The average Bonchev–Trinajstić information content (AvgIpc) is 2.21. The van der Waals surface area contributed by atoms with Crippen molar-refractivity contribution in [2.75, 3.05) is 33.5 Å². The zero-order valence-corrected chi connectivity index (χ0v) is 10.2. The maximum Gasteiger partial charge on any atom is 0.0701 e. The van der Waals surface area contributed by atoms with Gasteiger partial charge < -0.3 is 19.9 Å². The summed E-state index contributed by atoms with van der Waals surface area (Å²) in [4.78, 5) is 0. The Kier molecular flexibility index (Phi) is 10.3. The molecule has 4 heteroatoms. The monoisotopic (exact) mass is 219 g/mol. The number of aliphatic hydroxyl groups excluding tert-OH is 1. The standard InChI is InChI=1S/C11H25NO3/c1-10(5-4-6-13)12-11(2)9-15-8-7-14-3/h10-13H,4-9H2,1-3H3. The molecule has 0 aromatic rings. The van der Waals surface area contributed by atoms with Crippen LogP contribution in [0.2, 0.25) is 0 Å². The second-order valence-electron chi connectivity index (χ2n) is 3.90. The van der Waals surface area contributed by atoms with Crippen LogP contribution < -0.4 is 5.32 Å². The Bertz CT molecular complexity index is 133. The van der Waals surface area contributed by atoms with Crippen molar-refractivity contribution in [2.45, 2.75) is 38.8 Å². The van der Waals surface area contributed by atoms with Crippen LogP contribution in [0.3, 0.4) is 0 Å². The van der Waals surface area contributed by atoms with Gasteiger partial charge in [-0.05, 0) is 26.7 Å². The number of hydrogen-bond donors (Lipinski definition) is 2. The molecule has 0 heterocycles. The zero-order valence-electron chi connectivity index (χ0n) is 10.2. The Hall–Kier alpha value is -0.160. The van der Waals surface area contributed by atoms with E-state index in [4.69, 9.17) is 14.6 Å². The first-order valence-corrected chi connectivity index (χ1v) is 5.64. The third-order valence-electron chi connectivity index (χ3n) is 2.16. The molecule has 0 saturated carbocycles. The van der Waals surface area contributed by atoms with Crippen molar-refractivity contribution in [2.24, 2.45) is 0 Å². The van der Waals surface area contributed by atoms with Gasteiger partial charge in [-0.3, -0.25) is 0 Å². The molecule has 2 atom stereocenters. The van der Waals surface area contributed by atoms with Crippen LogP contribution in [0, 0.1) is 0 Å². The molecule has 2 N–H and O–H groups in total. The molecular weight excluding hydrogens is 194 g/mol. The lowest BCUT2D eigenvalue weighted by Gasteiger charge is -2.19. The fourth-order valence-electron chi connectivity index (χ4n) is 1.42. The van der Waals surface area contributed by atoms with Gasteiger partial charge in [0.2, 0.25) is 0 Å². The lowest BCUT2D eigenvalue weighted by Crippen LogP contribution is -2.37. The molecule has 0 aliphatic heterocycles. The van der Waals surface area contributed by atoms with Crippen LogP contribution in [0.25, 0.3) is 0 Å². The lowest BCUT2D eigenvalue weighted by molar-refractivity contribution is 0.0594. The fourth-order valence-corrected chi connectivity index (χ4v) is 1.42. The highest BCUT2D eigenvalue weighted by atomic mass is 16.5. The van der Waals surface area contributed by atoms with Crippen molar-refractivity contribution in [3.05, 3.63) is 0 Å². The molecule has 0 aliphatic carbocycles. The Morgan fingerprint density at radius 3 is 2.53 bits per heavy atom. The van der Waals surface area contributed by atoms with Gasteiger partial charge in [-0.25, -0.2) is 0 Å². The first-order valence-electron chi connectivity index (χ1n) is 5.64. The summed E-state index contributed by atoms with van der Waals surface area (Å²) in [5.41, 5.74) is 0. The molecule has 0 spiro atoms. The van der Waals surface area contributed by atoms with E-state index in [1.165, 1.54) is 0 Å². The Balaban J connectivity index is 3.33. The van der Waals surface area contributed by atoms with Gasteiger partial charge in [0.25, 0.3) is 0 Å². The van der Waals surface area contributed by atoms with E-state index in [-0.39, 0.29) is 6.61 Å². The van der Waals surface area contributed by atoms with Gasteiger partial charge in [0.05, 0.1) is 19.8 Å². The minimum atomic E-state index is 0.269. The quantitative estimate of drug-likeness (QED) is 0.533. The van der Waals surface area contributed by atoms with E-state index in [0.717, 1.165) is 12.8 Å². The number of rotatable bonds is 10. The van der Waals surface area contributed by atoms with E-state index in [9.17, 15) is 0 Å². The molecule has 4 nitrogen and oxygen atoms in total. The lowest BCUT2D eigenvalue weighted by atomic mass is 10.1. The minimum Gasteiger partial charge on any atom is -0.396 e. The molecule has 0 amide bonds. The van der Waals surface area contributed by atoms with Gasteiger partial charge in [0.1, 0.15) is 0 Å². The third kappa shape index (κ3) is 10.1. The second kappa shape index (κ2) is 10.4. The third-order valence-corrected chi connectivity index (χ3v) is 2.16. The second-order valence-corrected chi connectivity index (χ2v) is 3.90. The molecule has 0 aromatic heterocycles. The highest BCUT2D eigenvalue weighted by Gasteiger charge is 2.06. The van der Waals surface area contributed by atoms with Crippen LogP contribution in [0.15, 0.2) is 0 Å². The minimum absolute atomic E-state index is 0.269. The first kappa shape index (κ1) is 14.8. The smallest absolute Gasteiger partial charge is 0.0701 e. The van der Waals surface area contributed by atoms with E-state index in [1.807, 2.05) is 0 Å². The van der Waals surface area contributed by atoms with Gasteiger partial charge in [0, 0.05) is 25.8 Å². The number of hydrogen-bond acceptors (Lipinski definition) is 4. The fraction of sp³-hybridized carbons (Fsp3) is 1.00. The van der Waals surface area contributed by atoms with Gasteiger partial charge >= 0.3 is 0 Å². The summed E-state index contributed by atoms with van der Waals surface area (Å²) < 4.78 is 10.3. The van der Waals surface area contributed by atoms with Crippen LogP contribution in [-0.4, -0.2) is 50.7 Å². The predicted molar refractivity (Wildman–Crippen MR) is 61.1 cm³/mol. The Morgan fingerprint density at radius 1 is 1.20 bits per heavy atom. The molecule has 0 rings (SSSR count). The van der Waals surface area contributed by atoms with E-state index in [1.54, 1.807) is 7.11 Å². The van der Waals surface area contributed by atoms with Crippen LogP contribution >= 0.6 is 0 Å². The zero-order chi connectivity index (χ0) is 11.5. The maximum atomic E-state index is 8.68. The molecule has 15 heavy (non-hydrogen) atoms. The van der Waals surface area contributed by atoms with Gasteiger partial charge in [0.15, 0.2) is 0 Å². The molecule has 0 bridgehead atoms. The van der Waals surface area contributed by atoms with Crippen LogP contribution in [0.1, 0.15) is 26.7 Å². The highest BCUT2D eigenvalue weighted by molar-refractivity contribution is 4.66. The molecule has 0 saturated heterocycles. The van der Waals surface area contributed by atoms with Gasteiger partial charge in [-0.15, -0.1) is 0 Å². The summed E-state index contributed by atoms with van der Waals surface area (Å²) in [5.74, 6) is 0. The van der Waals surface area contributed by atoms with Crippen LogP contribution in [0.4, 0.5) is 0 Å². The highest BCUT2D eigenvalue weighted by Crippen LogP contribution is 1.97. The van der Waals surface area contributed by atoms with E-state index < -0.39 is 0 Å². The van der Waals surface area contributed by atoms with Crippen LogP contribution in [-0.2, 0) is 9.47 Å². The Morgan fingerprint density at radius 2 is 1.93 bits per heavy atom. The van der Waals surface area contributed by atoms with E-state index >= 15 is 0 Å². The summed E-state index contributed by atoms with van der Waals surface area (Å²) in [5, 5.41) is 12.1. The predicted octanol–water partition coefficient (Wildman–Crippen LogP) is 0.788. The number of nitrogens with one attached hydrogen (secondary N) is 1. The van der Waals surface area contributed by atoms with E-state index in [2.05, 4.69) is 19.2 Å². The molecule has 92 valence electrons. The topological polar surface area (TPSA) is 50.7 Å². The summed E-state index contributed by atoms with van der Waals surface area (Å²) in [6, 6.07) is 0.772. The average molecular weight is 219 g/mol. The van der Waals surface area contributed by atoms with E-state index in [0.29, 0.717) is 31.9 Å². The van der Waals surface area contributed by atoms with Crippen molar-refractivity contribution in [1.82, 2.24) is 5.32 Å². The number of aliphatic hydroxyl groups is 1. The molecular formula is C11H25NO3. The molecule has 0 radical (unpaired) electrons. The van der Waals surface area contributed by atoms with Crippen molar-refractivity contribution >= 4 is 0 Å². The van der Waals surface area contributed by atoms with Gasteiger partial charge in [-0.1, -0.05) is 0 Å². The van der Waals surface area contributed by atoms with Crippen molar-refractivity contribution < 1.29 is 14.6 Å². The summed E-state index contributed by atoms with van der Waals surface area (Å²) >= 11 is 0. The van der Waals surface area contributed by atoms with Crippen LogP contribution in [0.5, 0.6) is 0 Å².